The van der Waals surface area contributed by atoms with E-state index < -0.39 is 17.3 Å². The zero-order valence-corrected chi connectivity index (χ0v) is 11.0. The molecule has 0 fully saturated rings. The van der Waals surface area contributed by atoms with E-state index in [0.717, 1.165) is 24.1 Å². The van der Waals surface area contributed by atoms with Crippen LogP contribution in [0, 0.1) is 5.82 Å². The van der Waals surface area contributed by atoms with Gasteiger partial charge >= 0.3 is 5.92 Å². The van der Waals surface area contributed by atoms with Gasteiger partial charge in [-0.1, -0.05) is 31.7 Å². The molecule has 0 atom stereocenters. The second-order valence-corrected chi connectivity index (χ2v) is 4.47. The highest BCUT2D eigenvalue weighted by Gasteiger charge is 2.37. The minimum absolute atomic E-state index is 0.192. The molecule has 0 aliphatic heterocycles. The number of pyridine rings is 1. The van der Waals surface area contributed by atoms with Crippen molar-refractivity contribution in [2.75, 3.05) is 0 Å². The van der Waals surface area contributed by atoms with Crippen LogP contribution in [0.1, 0.15) is 23.7 Å². The van der Waals surface area contributed by atoms with Gasteiger partial charge in [0.25, 0.3) is 0 Å². The predicted octanol–water partition coefficient (Wildman–Crippen LogP) is 4.59. The van der Waals surface area contributed by atoms with Gasteiger partial charge < -0.3 is 0 Å². The van der Waals surface area contributed by atoms with E-state index >= 15 is 0 Å². The van der Waals surface area contributed by atoms with Gasteiger partial charge in [0, 0.05) is 11.8 Å². The predicted molar refractivity (Wildman–Crippen MR) is 72.9 cm³/mol. The summed E-state index contributed by atoms with van der Waals surface area (Å²) >= 11 is 0. The Morgan fingerprint density at radius 3 is 2.30 bits per heavy atom. The number of aromatic nitrogens is 1. The van der Waals surface area contributed by atoms with Gasteiger partial charge in [-0.05, 0) is 35.7 Å². The maximum atomic E-state index is 14.3. The number of rotatable bonds is 4. The van der Waals surface area contributed by atoms with E-state index in [1.807, 2.05) is 6.92 Å². The van der Waals surface area contributed by atoms with Gasteiger partial charge in [0.15, 0.2) is 0 Å². The van der Waals surface area contributed by atoms with Crippen molar-refractivity contribution >= 4 is 5.57 Å². The summed E-state index contributed by atoms with van der Waals surface area (Å²) in [5.41, 5.74) is 0.327. The molecule has 0 saturated heterocycles. The third-order valence-corrected chi connectivity index (χ3v) is 3.13. The maximum Gasteiger partial charge on any atom is 0.314 e. The summed E-state index contributed by atoms with van der Waals surface area (Å²) < 4.78 is 41.5. The quantitative estimate of drug-likeness (QED) is 0.796. The Kier molecular flexibility index (Phi) is 3.93. The lowest BCUT2D eigenvalue weighted by atomic mass is 9.98. The molecule has 1 heterocycles. The fourth-order valence-corrected chi connectivity index (χ4v) is 1.81. The van der Waals surface area contributed by atoms with Gasteiger partial charge in [-0.15, -0.1) is 0 Å². The molecular weight excluding hydrogens is 263 g/mol. The average molecular weight is 277 g/mol. The van der Waals surface area contributed by atoms with Gasteiger partial charge in [0.2, 0.25) is 0 Å². The van der Waals surface area contributed by atoms with Crippen LogP contribution in [0.2, 0.25) is 0 Å². The Balaban J connectivity index is 2.32. The lowest BCUT2D eigenvalue weighted by molar-refractivity contribution is 0.0597. The summed E-state index contributed by atoms with van der Waals surface area (Å²) in [6, 6.07) is 7.74. The zero-order valence-electron chi connectivity index (χ0n) is 11.0. The van der Waals surface area contributed by atoms with E-state index in [0.29, 0.717) is 0 Å². The molecule has 104 valence electrons. The van der Waals surface area contributed by atoms with Gasteiger partial charge in [0.05, 0.1) is 0 Å². The van der Waals surface area contributed by atoms with Crippen molar-refractivity contribution in [2.24, 2.45) is 0 Å². The van der Waals surface area contributed by atoms with Gasteiger partial charge in [-0.3, -0.25) is 4.98 Å². The van der Waals surface area contributed by atoms with E-state index in [-0.39, 0.29) is 11.3 Å². The van der Waals surface area contributed by atoms with Crippen LogP contribution in [-0.2, 0) is 12.3 Å². The molecule has 0 aliphatic rings. The van der Waals surface area contributed by atoms with Crippen LogP contribution >= 0.6 is 0 Å². The third-order valence-electron chi connectivity index (χ3n) is 3.13. The molecule has 0 saturated carbocycles. The van der Waals surface area contributed by atoms with E-state index in [1.165, 1.54) is 24.4 Å². The van der Waals surface area contributed by atoms with Crippen LogP contribution in [0.3, 0.4) is 0 Å². The number of allylic oxidation sites excluding steroid dienone is 1. The molecule has 4 heteroatoms. The lowest BCUT2D eigenvalue weighted by Gasteiger charge is -2.19. The fourth-order valence-electron chi connectivity index (χ4n) is 1.81. The minimum Gasteiger partial charge on any atom is -0.254 e. The first-order valence-electron chi connectivity index (χ1n) is 6.23. The number of hydrogen-bond donors (Lipinski definition) is 0. The second-order valence-electron chi connectivity index (χ2n) is 4.47. The molecule has 0 spiro atoms. The minimum atomic E-state index is -3.29. The summed E-state index contributed by atoms with van der Waals surface area (Å²) in [6.45, 7) is 5.36. The van der Waals surface area contributed by atoms with Crippen LogP contribution in [0.5, 0.6) is 0 Å². The molecule has 20 heavy (non-hydrogen) atoms. The van der Waals surface area contributed by atoms with Crippen molar-refractivity contribution in [2.45, 2.75) is 19.3 Å². The molecule has 1 aromatic heterocycles. The molecule has 0 aliphatic carbocycles. The Morgan fingerprint density at radius 1 is 1.15 bits per heavy atom. The lowest BCUT2D eigenvalue weighted by Crippen LogP contribution is -2.17. The molecule has 0 radical (unpaired) electrons. The first kappa shape index (κ1) is 14.3. The smallest absolute Gasteiger partial charge is 0.254 e. The van der Waals surface area contributed by atoms with E-state index in [4.69, 9.17) is 0 Å². The second kappa shape index (κ2) is 5.49. The van der Waals surface area contributed by atoms with Crippen LogP contribution in [0.15, 0.2) is 49.2 Å². The molecule has 1 nitrogen and oxygen atoms in total. The highest BCUT2D eigenvalue weighted by atomic mass is 19.3. The van der Waals surface area contributed by atoms with Gasteiger partial charge in [-0.2, -0.15) is 8.78 Å². The van der Waals surface area contributed by atoms with Crippen molar-refractivity contribution in [1.82, 2.24) is 4.98 Å². The summed E-state index contributed by atoms with van der Waals surface area (Å²) in [5.74, 6) is -3.76. The van der Waals surface area contributed by atoms with E-state index in [9.17, 15) is 13.2 Å². The molecule has 2 rings (SSSR count). The molecule has 2 aromatic rings. The van der Waals surface area contributed by atoms with Gasteiger partial charge in [0.1, 0.15) is 11.5 Å². The molecular formula is C16H14F3N. The number of hydrogen-bond acceptors (Lipinski definition) is 1. The topological polar surface area (TPSA) is 12.9 Å². The Hall–Kier alpha value is -2.10. The Labute approximate surface area is 115 Å². The maximum absolute atomic E-state index is 14.3. The fraction of sp³-hybridized carbons (Fsp3) is 0.188. The van der Waals surface area contributed by atoms with Crippen LogP contribution in [0.4, 0.5) is 13.2 Å². The average Bonchev–Trinajstić information content (AvgIpc) is 2.47. The van der Waals surface area contributed by atoms with E-state index in [1.54, 1.807) is 6.07 Å². The van der Waals surface area contributed by atoms with Crippen molar-refractivity contribution in [3.8, 4) is 0 Å². The molecule has 0 amide bonds. The number of nitrogens with zero attached hydrogens (tertiary/aromatic N) is 1. The van der Waals surface area contributed by atoms with Crippen molar-refractivity contribution in [3.63, 3.8) is 0 Å². The van der Waals surface area contributed by atoms with Gasteiger partial charge in [-0.25, -0.2) is 4.39 Å². The molecule has 0 bridgehead atoms. The third kappa shape index (κ3) is 2.74. The number of halogens is 3. The number of alkyl halides is 2. The SMILES string of the molecule is C=C(c1ccc(F)cc1)C(F)(F)c1ccc(CC)cn1. The number of aryl methyl sites for hydroxylation is 1. The summed E-state index contributed by atoms with van der Waals surface area (Å²) in [6.07, 6.45) is 2.17. The highest BCUT2D eigenvalue weighted by Crippen LogP contribution is 2.39. The largest absolute Gasteiger partial charge is 0.314 e. The normalized spacial score (nSPS) is 11.4. The standard InChI is InChI=1S/C16H14F3N/c1-3-12-4-9-15(20-10-12)16(18,19)11(2)13-5-7-14(17)8-6-13/h4-10H,2-3H2,1H3. The Bertz CT molecular complexity index is 601. The number of benzene rings is 1. The van der Waals surface area contributed by atoms with Crippen molar-refractivity contribution < 1.29 is 13.2 Å². The Morgan fingerprint density at radius 2 is 1.80 bits per heavy atom. The monoisotopic (exact) mass is 277 g/mol. The van der Waals surface area contributed by atoms with Crippen LogP contribution in [0.25, 0.3) is 5.57 Å². The molecule has 1 aromatic carbocycles. The summed E-state index contributed by atoms with van der Waals surface area (Å²) in [5, 5.41) is 0. The molecule has 0 unspecified atom stereocenters. The van der Waals surface area contributed by atoms with Crippen LogP contribution < -0.4 is 0 Å². The zero-order chi connectivity index (χ0) is 14.8. The first-order chi connectivity index (χ1) is 9.45. The van der Waals surface area contributed by atoms with Crippen molar-refractivity contribution in [3.05, 3.63) is 71.8 Å². The van der Waals surface area contributed by atoms with Crippen LogP contribution in [-0.4, -0.2) is 4.98 Å². The van der Waals surface area contributed by atoms with Crippen molar-refractivity contribution in [1.29, 1.82) is 0 Å². The van der Waals surface area contributed by atoms with E-state index in [2.05, 4.69) is 11.6 Å². The molecule has 0 N–H and O–H groups in total. The summed E-state index contributed by atoms with van der Waals surface area (Å²) in [7, 11) is 0. The summed E-state index contributed by atoms with van der Waals surface area (Å²) in [4.78, 5) is 3.80. The highest BCUT2D eigenvalue weighted by molar-refractivity contribution is 5.69. The first-order valence-corrected chi connectivity index (χ1v) is 6.23.